The molecule has 0 N–H and O–H groups in total. The predicted molar refractivity (Wildman–Crippen MR) is 123 cm³/mol. The molecule has 0 bridgehead atoms. The van der Waals surface area contributed by atoms with Gasteiger partial charge in [-0.2, -0.15) is 0 Å². The lowest BCUT2D eigenvalue weighted by Crippen LogP contribution is -2.30. The maximum absolute atomic E-state index is 12.2. The molecule has 0 atom stereocenters. The second-order valence-corrected chi connectivity index (χ2v) is 7.70. The van der Waals surface area contributed by atoms with Gasteiger partial charge < -0.3 is 9.42 Å². The highest BCUT2D eigenvalue weighted by atomic mass is 16.5. The van der Waals surface area contributed by atoms with E-state index < -0.39 is 0 Å². The van der Waals surface area contributed by atoms with Crippen LogP contribution in [-0.4, -0.2) is 22.5 Å². The maximum Gasteiger partial charge on any atom is 0.219 e. The molecule has 0 aliphatic carbocycles. The molecule has 0 spiro atoms. The first-order chi connectivity index (χ1) is 15.1. The topological polar surface area (TPSA) is 46.3 Å². The molecule has 0 aliphatic rings. The minimum Gasteiger partial charge on any atom is -0.356 e. The Morgan fingerprint density at radius 1 is 0.839 bits per heavy atom. The van der Waals surface area contributed by atoms with Crippen molar-refractivity contribution in [3.05, 3.63) is 102 Å². The molecule has 4 heteroatoms. The molecule has 31 heavy (non-hydrogen) atoms. The molecule has 0 saturated carbocycles. The number of carbonyl (C=O) groups is 1. The van der Waals surface area contributed by atoms with E-state index in [4.69, 9.17) is 4.52 Å². The van der Waals surface area contributed by atoms with Crippen molar-refractivity contribution in [3.8, 4) is 22.5 Å². The summed E-state index contributed by atoms with van der Waals surface area (Å²) in [4.78, 5) is 14.1. The monoisotopic (exact) mass is 410 g/mol. The Bertz CT molecular complexity index is 1130. The van der Waals surface area contributed by atoms with Crippen LogP contribution in [-0.2, 0) is 17.8 Å². The Kier molecular flexibility index (Phi) is 6.27. The van der Waals surface area contributed by atoms with Crippen LogP contribution in [0.15, 0.2) is 89.5 Å². The summed E-state index contributed by atoms with van der Waals surface area (Å²) in [6, 6.07) is 28.7. The van der Waals surface area contributed by atoms with Crippen LogP contribution in [0.1, 0.15) is 23.7 Å². The van der Waals surface area contributed by atoms with Crippen LogP contribution in [0.5, 0.6) is 0 Å². The molecule has 4 rings (SSSR count). The van der Waals surface area contributed by atoms with Crippen molar-refractivity contribution in [1.82, 2.24) is 10.1 Å². The van der Waals surface area contributed by atoms with Crippen molar-refractivity contribution in [3.63, 3.8) is 0 Å². The molecule has 0 unspecified atom stereocenters. The molecule has 0 aliphatic heterocycles. The van der Waals surface area contributed by atoms with Gasteiger partial charge in [-0.1, -0.05) is 90.1 Å². The summed E-state index contributed by atoms with van der Waals surface area (Å²) in [5.74, 6) is 0.840. The lowest BCUT2D eigenvalue weighted by molar-refractivity contribution is -0.129. The zero-order valence-electron chi connectivity index (χ0n) is 17.9. The van der Waals surface area contributed by atoms with E-state index in [-0.39, 0.29) is 5.91 Å². The van der Waals surface area contributed by atoms with Crippen molar-refractivity contribution in [2.75, 3.05) is 6.54 Å². The number of carbonyl (C=O) groups excluding carboxylic acids is 1. The zero-order chi connectivity index (χ0) is 21.6. The number of rotatable bonds is 7. The van der Waals surface area contributed by atoms with Crippen LogP contribution in [0.25, 0.3) is 22.5 Å². The van der Waals surface area contributed by atoms with Crippen molar-refractivity contribution in [1.29, 1.82) is 0 Å². The number of aromatic nitrogens is 1. The van der Waals surface area contributed by atoms with Crippen LogP contribution in [0, 0.1) is 6.92 Å². The van der Waals surface area contributed by atoms with E-state index in [0.717, 1.165) is 33.7 Å². The first-order valence-electron chi connectivity index (χ1n) is 10.5. The normalized spacial score (nSPS) is 10.8. The van der Waals surface area contributed by atoms with E-state index in [1.165, 1.54) is 5.56 Å². The van der Waals surface area contributed by atoms with Gasteiger partial charge in [0.25, 0.3) is 0 Å². The van der Waals surface area contributed by atoms with Gasteiger partial charge in [0.05, 0.1) is 5.69 Å². The Balaban J connectivity index is 1.51. The molecular weight excluding hydrogens is 384 g/mol. The summed E-state index contributed by atoms with van der Waals surface area (Å²) < 4.78 is 5.68. The number of hydrogen-bond donors (Lipinski definition) is 0. The van der Waals surface area contributed by atoms with E-state index in [1.807, 2.05) is 60.4 Å². The number of amides is 1. The lowest BCUT2D eigenvalue weighted by Gasteiger charge is -2.21. The lowest BCUT2D eigenvalue weighted by atomic mass is 10.00. The highest BCUT2D eigenvalue weighted by Crippen LogP contribution is 2.29. The smallest absolute Gasteiger partial charge is 0.219 e. The molecule has 0 saturated heterocycles. The minimum atomic E-state index is 0.0618. The second-order valence-electron chi connectivity index (χ2n) is 7.70. The van der Waals surface area contributed by atoms with Gasteiger partial charge in [0.15, 0.2) is 5.76 Å². The molecular formula is C27H26N2O2. The van der Waals surface area contributed by atoms with Crippen LogP contribution < -0.4 is 0 Å². The van der Waals surface area contributed by atoms with E-state index in [2.05, 4.69) is 41.6 Å². The van der Waals surface area contributed by atoms with Crippen LogP contribution >= 0.6 is 0 Å². The van der Waals surface area contributed by atoms with Crippen LogP contribution in [0.3, 0.4) is 0 Å². The van der Waals surface area contributed by atoms with Gasteiger partial charge in [-0.25, -0.2) is 0 Å². The summed E-state index contributed by atoms with van der Waals surface area (Å²) in [6.45, 7) is 4.78. The fraction of sp³-hybridized carbons (Fsp3) is 0.185. The van der Waals surface area contributed by atoms with E-state index >= 15 is 0 Å². The van der Waals surface area contributed by atoms with E-state index in [9.17, 15) is 4.79 Å². The average molecular weight is 411 g/mol. The van der Waals surface area contributed by atoms with Crippen LogP contribution in [0.2, 0.25) is 0 Å². The van der Waals surface area contributed by atoms with Gasteiger partial charge >= 0.3 is 0 Å². The molecule has 1 heterocycles. The SMILES string of the molecule is CC(=O)N(CCc1c(C)noc1-c1ccc(-c2ccccc2)cc1)Cc1ccccc1. The Morgan fingerprint density at radius 3 is 2.06 bits per heavy atom. The fourth-order valence-electron chi connectivity index (χ4n) is 3.75. The standard InChI is InChI=1S/C27H26N2O2/c1-20-26(17-18-29(21(2)30)19-22-9-5-3-6-10-22)27(31-28-20)25-15-13-24(14-16-25)23-11-7-4-8-12-23/h3-16H,17-19H2,1-2H3. The van der Waals surface area contributed by atoms with Crippen LogP contribution in [0.4, 0.5) is 0 Å². The second kappa shape index (κ2) is 9.43. The summed E-state index contributed by atoms with van der Waals surface area (Å²) in [7, 11) is 0. The molecule has 1 amide bonds. The largest absolute Gasteiger partial charge is 0.356 e. The summed E-state index contributed by atoms with van der Waals surface area (Å²) in [6.07, 6.45) is 0.692. The van der Waals surface area contributed by atoms with E-state index in [1.54, 1.807) is 6.92 Å². The van der Waals surface area contributed by atoms with Gasteiger partial charge in [0.1, 0.15) is 0 Å². The Hall–Kier alpha value is -3.66. The number of hydrogen-bond acceptors (Lipinski definition) is 3. The molecule has 1 aromatic heterocycles. The minimum absolute atomic E-state index is 0.0618. The zero-order valence-corrected chi connectivity index (χ0v) is 17.9. The predicted octanol–water partition coefficient (Wildman–Crippen LogP) is 5.91. The molecule has 0 radical (unpaired) electrons. The number of aryl methyl sites for hydroxylation is 1. The number of nitrogens with zero attached hydrogens (tertiary/aromatic N) is 2. The third-order valence-corrected chi connectivity index (χ3v) is 5.53. The van der Waals surface area contributed by atoms with Gasteiger partial charge in [-0.3, -0.25) is 4.79 Å². The first-order valence-corrected chi connectivity index (χ1v) is 10.5. The van der Waals surface area contributed by atoms with Crippen molar-refractivity contribution in [2.24, 2.45) is 0 Å². The Labute approximate surface area is 183 Å². The van der Waals surface area contributed by atoms with Gasteiger partial charge in [0, 0.05) is 31.1 Å². The molecule has 4 nitrogen and oxygen atoms in total. The summed E-state index contributed by atoms with van der Waals surface area (Å²) >= 11 is 0. The highest BCUT2D eigenvalue weighted by molar-refractivity contribution is 5.73. The molecule has 156 valence electrons. The first kappa shape index (κ1) is 20.6. The Morgan fingerprint density at radius 2 is 1.42 bits per heavy atom. The molecule has 4 aromatic rings. The van der Waals surface area contributed by atoms with Crippen molar-refractivity contribution >= 4 is 5.91 Å². The van der Waals surface area contributed by atoms with Gasteiger partial charge in [0.2, 0.25) is 5.91 Å². The third-order valence-electron chi connectivity index (χ3n) is 5.53. The number of benzene rings is 3. The maximum atomic E-state index is 12.2. The third kappa shape index (κ3) is 4.92. The van der Waals surface area contributed by atoms with Crippen molar-refractivity contribution < 1.29 is 9.32 Å². The summed E-state index contributed by atoms with van der Waals surface area (Å²) in [5, 5.41) is 4.20. The van der Waals surface area contributed by atoms with E-state index in [0.29, 0.717) is 19.5 Å². The fourth-order valence-corrected chi connectivity index (χ4v) is 3.75. The van der Waals surface area contributed by atoms with Gasteiger partial charge in [-0.05, 0) is 30.0 Å². The quantitative estimate of drug-likeness (QED) is 0.381. The van der Waals surface area contributed by atoms with Crippen molar-refractivity contribution in [2.45, 2.75) is 26.8 Å². The average Bonchev–Trinajstić information content (AvgIpc) is 3.18. The molecule has 3 aromatic carbocycles. The highest BCUT2D eigenvalue weighted by Gasteiger charge is 2.17. The summed E-state index contributed by atoms with van der Waals surface area (Å²) in [5.41, 5.74) is 6.37. The molecule has 0 fully saturated rings. The van der Waals surface area contributed by atoms with Gasteiger partial charge in [-0.15, -0.1) is 0 Å².